The standard InChI is InChI=1S/C14H16ClFO2/c1-7-5-11(16)14(15)13(8(7)2)10(6-12(17)18)9-3-4-9/h5,9-10H,3-4,6H2,1-2H3,(H,17,18). The summed E-state index contributed by atoms with van der Waals surface area (Å²) in [6.45, 7) is 3.70. The zero-order valence-corrected chi connectivity index (χ0v) is 11.2. The molecule has 1 N–H and O–H groups in total. The molecule has 1 aliphatic carbocycles. The molecule has 0 aromatic heterocycles. The van der Waals surface area contributed by atoms with Gasteiger partial charge in [0.2, 0.25) is 0 Å². The van der Waals surface area contributed by atoms with Crippen molar-refractivity contribution in [3.05, 3.63) is 33.6 Å². The van der Waals surface area contributed by atoms with Crippen LogP contribution in [0.25, 0.3) is 0 Å². The summed E-state index contributed by atoms with van der Waals surface area (Å²) < 4.78 is 13.7. The number of carboxylic acids is 1. The van der Waals surface area contributed by atoms with Crippen LogP contribution in [0.15, 0.2) is 6.07 Å². The van der Waals surface area contributed by atoms with Gasteiger partial charge in [-0.1, -0.05) is 11.6 Å². The lowest BCUT2D eigenvalue weighted by molar-refractivity contribution is -0.137. The number of benzene rings is 1. The number of rotatable bonds is 4. The van der Waals surface area contributed by atoms with Crippen LogP contribution in [0.3, 0.4) is 0 Å². The molecule has 2 rings (SSSR count). The van der Waals surface area contributed by atoms with E-state index in [2.05, 4.69) is 0 Å². The Hall–Kier alpha value is -1.09. The Morgan fingerprint density at radius 2 is 2.17 bits per heavy atom. The van der Waals surface area contributed by atoms with Gasteiger partial charge in [0, 0.05) is 0 Å². The molecule has 0 bridgehead atoms. The van der Waals surface area contributed by atoms with Gasteiger partial charge >= 0.3 is 5.97 Å². The Morgan fingerprint density at radius 1 is 1.56 bits per heavy atom. The zero-order valence-electron chi connectivity index (χ0n) is 10.5. The normalized spacial score (nSPS) is 16.7. The summed E-state index contributed by atoms with van der Waals surface area (Å²) in [5, 5.41) is 9.10. The molecule has 1 saturated carbocycles. The average molecular weight is 271 g/mol. The van der Waals surface area contributed by atoms with Crippen LogP contribution in [0.4, 0.5) is 4.39 Å². The summed E-state index contributed by atoms with van der Waals surface area (Å²) in [6, 6.07) is 1.41. The van der Waals surface area contributed by atoms with Gasteiger partial charge in [0.15, 0.2) is 0 Å². The molecular weight excluding hydrogens is 255 g/mol. The zero-order chi connectivity index (χ0) is 13.4. The lowest BCUT2D eigenvalue weighted by Crippen LogP contribution is -2.12. The summed E-state index contributed by atoms with van der Waals surface area (Å²) in [5.41, 5.74) is 2.43. The maximum absolute atomic E-state index is 13.7. The topological polar surface area (TPSA) is 37.3 Å². The van der Waals surface area contributed by atoms with E-state index in [9.17, 15) is 9.18 Å². The maximum atomic E-state index is 13.7. The third kappa shape index (κ3) is 2.51. The fourth-order valence-corrected chi connectivity index (χ4v) is 2.84. The molecule has 0 amide bonds. The number of aryl methyl sites for hydroxylation is 1. The second kappa shape index (κ2) is 4.88. The van der Waals surface area contributed by atoms with Crippen LogP contribution in [0.1, 0.15) is 41.9 Å². The molecule has 18 heavy (non-hydrogen) atoms. The van der Waals surface area contributed by atoms with E-state index in [-0.39, 0.29) is 17.4 Å². The van der Waals surface area contributed by atoms with Gasteiger partial charge in [-0.3, -0.25) is 4.79 Å². The Morgan fingerprint density at radius 3 is 2.67 bits per heavy atom. The molecule has 4 heteroatoms. The highest BCUT2D eigenvalue weighted by Crippen LogP contribution is 2.48. The lowest BCUT2D eigenvalue weighted by Gasteiger charge is -2.20. The van der Waals surface area contributed by atoms with Crippen molar-refractivity contribution in [2.45, 2.75) is 39.0 Å². The summed E-state index contributed by atoms with van der Waals surface area (Å²) in [7, 11) is 0. The molecule has 0 radical (unpaired) electrons. The van der Waals surface area contributed by atoms with Gasteiger partial charge in [0.1, 0.15) is 5.82 Å². The summed E-state index contributed by atoms with van der Waals surface area (Å²) in [6.07, 6.45) is 2.03. The Labute approximate surface area is 111 Å². The molecule has 1 atom stereocenters. The highest BCUT2D eigenvalue weighted by atomic mass is 35.5. The van der Waals surface area contributed by atoms with Crippen molar-refractivity contribution in [2.24, 2.45) is 5.92 Å². The van der Waals surface area contributed by atoms with Gasteiger partial charge in [-0.25, -0.2) is 4.39 Å². The van der Waals surface area contributed by atoms with Crippen molar-refractivity contribution in [3.8, 4) is 0 Å². The molecule has 0 heterocycles. The maximum Gasteiger partial charge on any atom is 0.303 e. The van der Waals surface area contributed by atoms with Crippen molar-refractivity contribution in [1.82, 2.24) is 0 Å². The highest BCUT2D eigenvalue weighted by molar-refractivity contribution is 6.31. The van der Waals surface area contributed by atoms with Crippen LogP contribution < -0.4 is 0 Å². The third-order valence-electron chi connectivity index (χ3n) is 3.74. The monoisotopic (exact) mass is 270 g/mol. The van der Waals surface area contributed by atoms with Crippen LogP contribution in [-0.2, 0) is 4.79 Å². The number of carboxylic acid groups (broad SMARTS) is 1. The first-order chi connectivity index (χ1) is 8.41. The van der Waals surface area contributed by atoms with Crippen molar-refractivity contribution in [1.29, 1.82) is 0 Å². The van der Waals surface area contributed by atoms with Crippen molar-refractivity contribution < 1.29 is 14.3 Å². The minimum Gasteiger partial charge on any atom is -0.481 e. The van der Waals surface area contributed by atoms with Crippen molar-refractivity contribution in [3.63, 3.8) is 0 Å². The SMILES string of the molecule is Cc1cc(F)c(Cl)c(C(CC(=O)O)C2CC2)c1C. The van der Waals surface area contributed by atoms with E-state index in [0.29, 0.717) is 11.5 Å². The minimum atomic E-state index is -0.857. The van der Waals surface area contributed by atoms with Crippen molar-refractivity contribution in [2.75, 3.05) is 0 Å². The minimum absolute atomic E-state index is 0.0219. The first kappa shape index (κ1) is 13.3. The molecular formula is C14H16ClFO2. The molecule has 0 saturated heterocycles. The molecule has 0 aliphatic heterocycles. The fraction of sp³-hybridized carbons (Fsp3) is 0.500. The molecule has 1 aromatic rings. The number of aliphatic carboxylic acids is 1. The fourth-order valence-electron chi connectivity index (χ4n) is 2.50. The van der Waals surface area contributed by atoms with E-state index >= 15 is 0 Å². The van der Waals surface area contributed by atoms with Crippen LogP contribution in [-0.4, -0.2) is 11.1 Å². The lowest BCUT2D eigenvalue weighted by atomic mass is 9.86. The van der Waals surface area contributed by atoms with E-state index in [1.165, 1.54) is 6.07 Å². The first-order valence-corrected chi connectivity index (χ1v) is 6.46. The van der Waals surface area contributed by atoms with Gasteiger partial charge in [0.25, 0.3) is 0 Å². The van der Waals surface area contributed by atoms with Gasteiger partial charge in [-0.15, -0.1) is 0 Å². The van der Waals surface area contributed by atoms with Crippen LogP contribution in [0, 0.1) is 25.6 Å². The highest BCUT2D eigenvalue weighted by Gasteiger charge is 2.36. The van der Waals surface area contributed by atoms with E-state index in [1.807, 2.05) is 13.8 Å². The van der Waals surface area contributed by atoms with Crippen LogP contribution in [0.2, 0.25) is 5.02 Å². The molecule has 1 unspecified atom stereocenters. The summed E-state index contributed by atoms with van der Waals surface area (Å²) in [5.74, 6) is -1.14. The van der Waals surface area contributed by atoms with E-state index < -0.39 is 11.8 Å². The van der Waals surface area contributed by atoms with Crippen molar-refractivity contribution >= 4 is 17.6 Å². The van der Waals surface area contributed by atoms with Gasteiger partial charge in [0.05, 0.1) is 11.4 Å². The predicted octanol–water partition coefficient (Wildman–Crippen LogP) is 4.06. The molecule has 98 valence electrons. The predicted molar refractivity (Wildman–Crippen MR) is 68.6 cm³/mol. The number of carbonyl (C=O) groups is 1. The number of halogens is 2. The van der Waals surface area contributed by atoms with Gasteiger partial charge in [-0.2, -0.15) is 0 Å². The average Bonchev–Trinajstić information content (AvgIpc) is 3.08. The molecule has 1 aromatic carbocycles. The quantitative estimate of drug-likeness (QED) is 0.896. The van der Waals surface area contributed by atoms with E-state index in [0.717, 1.165) is 24.0 Å². The van der Waals surface area contributed by atoms with Crippen LogP contribution >= 0.6 is 11.6 Å². The van der Waals surface area contributed by atoms with Gasteiger partial charge < -0.3 is 5.11 Å². The number of hydrogen-bond acceptors (Lipinski definition) is 1. The molecule has 0 spiro atoms. The Balaban J connectivity index is 2.49. The second-order valence-electron chi connectivity index (χ2n) is 5.07. The Kier molecular flexibility index (Phi) is 3.62. The Bertz CT molecular complexity index is 469. The van der Waals surface area contributed by atoms with Crippen LogP contribution in [0.5, 0.6) is 0 Å². The second-order valence-corrected chi connectivity index (χ2v) is 5.45. The molecule has 1 aliphatic rings. The van der Waals surface area contributed by atoms with Gasteiger partial charge in [-0.05, 0) is 61.3 Å². The molecule has 2 nitrogen and oxygen atoms in total. The number of hydrogen-bond donors (Lipinski definition) is 1. The summed E-state index contributed by atoms with van der Waals surface area (Å²) >= 11 is 6.05. The smallest absolute Gasteiger partial charge is 0.303 e. The molecule has 1 fully saturated rings. The first-order valence-electron chi connectivity index (χ1n) is 6.08. The largest absolute Gasteiger partial charge is 0.481 e. The third-order valence-corrected chi connectivity index (χ3v) is 4.13. The van der Waals surface area contributed by atoms with E-state index in [1.54, 1.807) is 0 Å². The van der Waals surface area contributed by atoms with E-state index in [4.69, 9.17) is 16.7 Å². The summed E-state index contributed by atoms with van der Waals surface area (Å²) in [4.78, 5) is 11.0.